The molecule has 10 heavy (non-hydrogen) atoms. The van der Waals surface area contributed by atoms with Gasteiger partial charge in [-0.2, -0.15) is 0 Å². The Balaban J connectivity index is 0. The van der Waals surface area contributed by atoms with Crippen LogP contribution in [0.15, 0.2) is 37.0 Å². The molecule has 0 saturated heterocycles. The van der Waals surface area contributed by atoms with Gasteiger partial charge in [0.05, 0.1) is 0 Å². The minimum Gasteiger partial charge on any atom is -0.0991 e. The molecule has 0 unspecified atom stereocenters. The van der Waals surface area contributed by atoms with E-state index in [9.17, 15) is 0 Å². The summed E-state index contributed by atoms with van der Waals surface area (Å²) >= 11 is 0. The zero-order valence-corrected chi connectivity index (χ0v) is 7.30. The molecule has 0 aliphatic carbocycles. The average molecular weight is 138 g/mol. The molecule has 0 amide bonds. The Labute approximate surface area is 65.0 Å². The van der Waals surface area contributed by atoms with Crippen LogP contribution in [-0.4, -0.2) is 0 Å². The molecule has 58 valence electrons. The molecule has 0 heterocycles. The van der Waals surface area contributed by atoms with Gasteiger partial charge in [0.1, 0.15) is 0 Å². The standard InChI is InChI=1S/C8H12.C2H6/c1-3-5-7-8-6-4-2;1-2/h3,5-8H,1,4H2,2H3;1-2H3/b7-5-,8-6-;. The fraction of sp³-hybridized carbons (Fsp3) is 0.400. The van der Waals surface area contributed by atoms with E-state index in [-0.39, 0.29) is 0 Å². The van der Waals surface area contributed by atoms with Crippen LogP contribution in [0.3, 0.4) is 0 Å². The first-order valence-electron chi connectivity index (χ1n) is 3.86. The lowest BCUT2D eigenvalue weighted by atomic mass is 10.4. The fourth-order valence-electron chi connectivity index (χ4n) is 0.357. The second-order valence-corrected chi connectivity index (χ2v) is 1.46. The van der Waals surface area contributed by atoms with Crippen LogP contribution in [0.25, 0.3) is 0 Å². The van der Waals surface area contributed by atoms with Crippen LogP contribution in [-0.2, 0) is 0 Å². The molecule has 0 bridgehead atoms. The normalized spacial score (nSPS) is 9.50. The molecule has 0 aromatic carbocycles. The summed E-state index contributed by atoms with van der Waals surface area (Å²) in [5.41, 5.74) is 0. The second kappa shape index (κ2) is 15.7. The van der Waals surface area contributed by atoms with Crippen LogP contribution < -0.4 is 0 Å². The van der Waals surface area contributed by atoms with Crippen molar-refractivity contribution in [1.82, 2.24) is 0 Å². The van der Waals surface area contributed by atoms with Crippen LogP contribution in [0.1, 0.15) is 27.2 Å². The molecule has 0 aliphatic rings. The van der Waals surface area contributed by atoms with Crippen molar-refractivity contribution in [3.63, 3.8) is 0 Å². The first kappa shape index (κ1) is 12.0. The van der Waals surface area contributed by atoms with E-state index in [0.717, 1.165) is 6.42 Å². The minimum atomic E-state index is 1.10. The molecule has 0 aromatic heterocycles. The van der Waals surface area contributed by atoms with Crippen molar-refractivity contribution in [3.05, 3.63) is 37.0 Å². The zero-order chi connectivity index (χ0) is 8.24. The highest BCUT2D eigenvalue weighted by molar-refractivity contribution is 5.08. The van der Waals surface area contributed by atoms with Crippen molar-refractivity contribution >= 4 is 0 Å². The molecule has 0 N–H and O–H groups in total. The Morgan fingerprint density at radius 3 is 2.10 bits per heavy atom. The SMILES string of the molecule is C=C/C=C\C=C/CC.CC. The minimum absolute atomic E-state index is 1.10. The van der Waals surface area contributed by atoms with E-state index >= 15 is 0 Å². The third-order valence-corrected chi connectivity index (χ3v) is 0.730. The van der Waals surface area contributed by atoms with E-state index < -0.39 is 0 Å². The van der Waals surface area contributed by atoms with Gasteiger partial charge < -0.3 is 0 Å². The predicted molar refractivity (Wildman–Crippen MR) is 50.1 cm³/mol. The predicted octanol–water partition coefficient (Wildman–Crippen LogP) is 3.72. The second-order valence-electron chi connectivity index (χ2n) is 1.46. The quantitative estimate of drug-likeness (QED) is 0.521. The molecule has 0 saturated carbocycles. The van der Waals surface area contributed by atoms with Gasteiger partial charge in [-0.05, 0) is 6.42 Å². The van der Waals surface area contributed by atoms with Crippen LogP contribution in [0.2, 0.25) is 0 Å². The molecule has 0 radical (unpaired) electrons. The largest absolute Gasteiger partial charge is 0.0991 e. The van der Waals surface area contributed by atoms with Gasteiger partial charge >= 0.3 is 0 Å². The highest BCUT2D eigenvalue weighted by atomic mass is 13.7. The van der Waals surface area contributed by atoms with E-state index in [1.807, 2.05) is 32.1 Å². The van der Waals surface area contributed by atoms with E-state index in [1.165, 1.54) is 0 Å². The summed E-state index contributed by atoms with van der Waals surface area (Å²) in [6, 6.07) is 0. The molecule has 0 fully saturated rings. The Hall–Kier alpha value is -0.780. The van der Waals surface area contributed by atoms with E-state index in [0.29, 0.717) is 0 Å². The Morgan fingerprint density at radius 1 is 1.10 bits per heavy atom. The third-order valence-electron chi connectivity index (χ3n) is 0.730. The van der Waals surface area contributed by atoms with E-state index in [1.54, 1.807) is 6.08 Å². The monoisotopic (exact) mass is 138 g/mol. The number of hydrogen-bond acceptors (Lipinski definition) is 0. The van der Waals surface area contributed by atoms with Crippen LogP contribution in [0.5, 0.6) is 0 Å². The van der Waals surface area contributed by atoms with E-state index in [4.69, 9.17) is 0 Å². The van der Waals surface area contributed by atoms with Crippen molar-refractivity contribution in [1.29, 1.82) is 0 Å². The van der Waals surface area contributed by atoms with Crippen LogP contribution >= 0.6 is 0 Å². The summed E-state index contributed by atoms with van der Waals surface area (Å²) in [5.74, 6) is 0. The molecule has 0 spiro atoms. The van der Waals surface area contributed by atoms with Crippen LogP contribution in [0.4, 0.5) is 0 Å². The first-order chi connectivity index (χ1) is 4.91. The van der Waals surface area contributed by atoms with Crippen molar-refractivity contribution < 1.29 is 0 Å². The Kier molecular flexibility index (Phi) is 18.8. The maximum absolute atomic E-state index is 3.54. The highest BCUT2D eigenvalue weighted by Crippen LogP contribution is 1.80. The molecule has 0 rings (SSSR count). The fourth-order valence-corrected chi connectivity index (χ4v) is 0.357. The maximum Gasteiger partial charge on any atom is -0.0376 e. The van der Waals surface area contributed by atoms with Gasteiger partial charge in [0.15, 0.2) is 0 Å². The molecule has 0 heteroatoms. The molecule has 0 nitrogen and oxygen atoms in total. The summed E-state index contributed by atoms with van der Waals surface area (Å²) in [6.07, 6.45) is 10.9. The summed E-state index contributed by atoms with van der Waals surface area (Å²) < 4.78 is 0. The van der Waals surface area contributed by atoms with Gasteiger partial charge in [-0.15, -0.1) is 0 Å². The summed E-state index contributed by atoms with van der Waals surface area (Å²) in [7, 11) is 0. The summed E-state index contributed by atoms with van der Waals surface area (Å²) in [4.78, 5) is 0. The third kappa shape index (κ3) is 15.7. The van der Waals surface area contributed by atoms with Gasteiger partial charge in [-0.1, -0.05) is 57.7 Å². The van der Waals surface area contributed by atoms with Gasteiger partial charge in [-0.3, -0.25) is 0 Å². The molecular weight excluding hydrogens is 120 g/mol. The maximum atomic E-state index is 3.54. The van der Waals surface area contributed by atoms with Crippen LogP contribution in [0, 0.1) is 0 Å². The molecule has 0 atom stereocenters. The van der Waals surface area contributed by atoms with E-state index in [2.05, 4.69) is 19.6 Å². The average Bonchev–Trinajstić information content (AvgIpc) is 2.02. The van der Waals surface area contributed by atoms with Gasteiger partial charge in [0.2, 0.25) is 0 Å². The van der Waals surface area contributed by atoms with Gasteiger partial charge in [0.25, 0.3) is 0 Å². The zero-order valence-electron chi connectivity index (χ0n) is 7.30. The molecular formula is C10H18. The van der Waals surface area contributed by atoms with Crippen molar-refractivity contribution in [2.45, 2.75) is 27.2 Å². The van der Waals surface area contributed by atoms with Gasteiger partial charge in [0, 0.05) is 0 Å². The lowest BCUT2D eigenvalue weighted by molar-refractivity contribution is 1.22. The lowest BCUT2D eigenvalue weighted by Crippen LogP contribution is -1.49. The van der Waals surface area contributed by atoms with Crippen molar-refractivity contribution in [2.75, 3.05) is 0 Å². The highest BCUT2D eigenvalue weighted by Gasteiger charge is 1.59. The summed E-state index contributed by atoms with van der Waals surface area (Å²) in [6.45, 7) is 9.65. The first-order valence-corrected chi connectivity index (χ1v) is 3.86. The van der Waals surface area contributed by atoms with Crippen molar-refractivity contribution in [3.8, 4) is 0 Å². The summed E-state index contributed by atoms with van der Waals surface area (Å²) in [5, 5.41) is 0. The number of rotatable bonds is 3. The van der Waals surface area contributed by atoms with Crippen molar-refractivity contribution in [2.24, 2.45) is 0 Å². The van der Waals surface area contributed by atoms with Gasteiger partial charge in [-0.25, -0.2) is 0 Å². The molecule has 0 aromatic rings. The number of allylic oxidation sites excluding steroid dienone is 5. The lowest BCUT2D eigenvalue weighted by Gasteiger charge is -1.71. The topological polar surface area (TPSA) is 0 Å². The molecule has 0 aliphatic heterocycles. The Morgan fingerprint density at radius 2 is 1.70 bits per heavy atom. The number of hydrogen-bond donors (Lipinski definition) is 0. The Bertz CT molecular complexity index is 96.6. The smallest absolute Gasteiger partial charge is 0.0376 e.